The number of benzene rings is 2. The molecule has 35 heavy (non-hydrogen) atoms. The van der Waals surface area contributed by atoms with Gasteiger partial charge in [0, 0.05) is 37.9 Å². The SMILES string of the molecule is CCS(=O)(=O)N(CC(=O)N1CCN(c2cccc(C(F)(F)F)c2)CC1)c1ccc2c(c1)OCCO2. The van der Waals surface area contributed by atoms with E-state index in [-0.39, 0.29) is 31.3 Å². The van der Waals surface area contributed by atoms with Crippen molar-refractivity contribution in [2.24, 2.45) is 0 Å². The van der Waals surface area contributed by atoms with Crippen molar-refractivity contribution < 1.29 is 35.9 Å². The molecule has 2 aliphatic rings. The van der Waals surface area contributed by atoms with Crippen LogP contribution in [0.2, 0.25) is 0 Å². The van der Waals surface area contributed by atoms with E-state index in [4.69, 9.17) is 9.47 Å². The van der Waals surface area contributed by atoms with Crippen LogP contribution in [0.3, 0.4) is 0 Å². The molecule has 0 unspecified atom stereocenters. The maximum atomic E-state index is 13.1. The quantitative estimate of drug-likeness (QED) is 0.591. The number of rotatable bonds is 6. The van der Waals surface area contributed by atoms with Crippen molar-refractivity contribution in [1.29, 1.82) is 0 Å². The molecule has 2 aliphatic heterocycles. The first kappa shape index (κ1) is 25.0. The lowest BCUT2D eigenvalue weighted by Gasteiger charge is -2.37. The minimum absolute atomic E-state index is 0.196. The zero-order valence-electron chi connectivity index (χ0n) is 19.1. The number of halogens is 3. The summed E-state index contributed by atoms with van der Waals surface area (Å²) in [5, 5.41) is 0. The molecule has 0 N–H and O–H groups in total. The number of hydrogen-bond acceptors (Lipinski definition) is 6. The molecular weight excluding hydrogens is 487 g/mol. The molecule has 0 aromatic heterocycles. The number of carbonyl (C=O) groups is 1. The maximum absolute atomic E-state index is 13.1. The number of hydrogen-bond donors (Lipinski definition) is 0. The van der Waals surface area contributed by atoms with E-state index in [1.54, 1.807) is 29.2 Å². The Morgan fingerprint density at radius 1 is 1.00 bits per heavy atom. The van der Waals surface area contributed by atoms with E-state index in [0.29, 0.717) is 49.2 Å². The van der Waals surface area contributed by atoms with Gasteiger partial charge in [-0.25, -0.2) is 8.42 Å². The highest BCUT2D eigenvalue weighted by molar-refractivity contribution is 7.92. The van der Waals surface area contributed by atoms with Crippen LogP contribution in [-0.2, 0) is 21.0 Å². The molecule has 2 aromatic carbocycles. The van der Waals surface area contributed by atoms with Gasteiger partial charge in [0.1, 0.15) is 19.8 Å². The Morgan fingerprint density at radius 2 is 1.69 bits per heavy atom. The molecule has 4 rings (SSSR count). The second-order valence-corrected chi connectivity index (χ2v) is 10.3. The average molecular weight is 514 g/mol. The van der Waals surface area contributed by atoms with Crippen LogP contribution in [0.1, 0.15) is 12.5 Å². The van der Waals surface area contributed by atoms with E-state index >= 15 is 0 Å². The molecule has 0 bridgehead atoms. The van der Waals surface area contributed by atoms with Gasteiger partial charge in [0.15, 0.2) is 11.5 Å². The highest BCUT2D eigenvalue weighted by Gasteiger charge is 2.32. The first-order valence-electron chi connectivity index (χ1n) is 11.2. The summed E-state index contributed by atoms with van der Waals surface area (Å²) in [6.45, 7) is 3.03. The maximum Gasteiger partial charge on any atom is 0.416 e. The van der Waals surface area contributed by atoms with Crippen LogP contribution in [0.25, 0.3) is 0 Å². The Kier molecular flexibility index (Phi) is 7.02. The molecule has 0 saturated carbocycles. The zero-order valence-corrected chi connectivity index (χ0v) is 19.9. The molecular formula is C23H26F3N3O5S. The topological polar surface area (TPSA) is 79.4 Å². The van der Waals surface area contributed by atoms with Gasteiger partial charge in [0.2, 0.25) is 15.9 Å². The van der Waals surface area contributed by atoms with Gasteiger partial charge < -0.3 is 19.3 Å². The van der Waals surface area contributed by atoms with Gasteiger partial charge in [0.25, 0.3) is 0 Å². The lowest BCUT2D eigenvalue weighted by Crippen LogP contribution is -2.52. The fourth-order valence-corrected chi connectivity index (χ4v) is 5.06. The van der Waals surface area contributed by atoms with E-state index in [9.17, 15) is 26.4 Å². The number of nitrogens with zero attached hydrogens (tertiary/aromatic N) is 3. The van der Waals surface area contributed by atoms with Crippen LogP contribution < -0.4 is 18.7 Å². The lowest BCUT2D eigenvalue weighted by atomic mass is 10.1. The molecule has 0 aliphatic carbocycles. The monoisotopic (exact) mass is 513 g/mol. The highest BCUT2D eigenvalue weighted by atomic mass is 32.2. The summed E-state index contributed by atoms with van der Waals surface area (Å²) >= 11 is 0. The highest BCUT2D eigenvalue weighted by Crippen LogP contribution is 2.35. The fourth-order valence-electron chi connectivity index (χ4n) is 4.01. The Bertz CT molecular complexity index is 1180. The Labute approximate surface area is 201 Å². The van der Waals surface area contributed by atoms with E-state index < -0.39 is 21.8 Å². The summed E-state index contributed by atoms with van der Waals surface area (Å²) in [5.41, 5.74) is -0.00112. The largest absolute Gasteiger partial charge is 0.486 e. The third-order valence-electron chi connectivity index (χ3n) is 5.96. The molecule has 1 fully saturated rings. The van der Waals surface area contributed by atoms with Crippen LogP contribution in [0.15, 0.2) is 42.5 Å². The first-order chi connectivity index (χ1) is 16.6. The molecule has 2 aromatic rings. The van der Waals surface area contributed by atoms with Crippen LogP contribution in [-0.4, -0.2) is 70.9 Å². The summed E-state index contributed by atoms with van der Waals surface area (Å²) in [5.74, 6) is 0.330. The lowest BCUT2D eigenvalue weighted by molar-refractivity contribution is -0.137. The number of anilines is 2. The smallest absolute Gasteiger partial charge is 0.416 e. The normalized spacial score (nSPS) is 16.2. The van der Waals surface area contributed by atoms with Crippen molar-refractivity contribution >= 4 is 27.3 Å². The molecule has 0 spiro atoms. The van der Waals surface area contributed by atoms with Gasteiger partial charge in [-0.1, -0.05) is 6.07 Å². The average Bonchev–Trinajstić information content (AvgIpc) is 2.86. The Hall–Kier alpha value is -3.15. The van der Waals surface area contributed by atoms with Gasteiger partial charge in [-0.15, -0.1) is 0 Å². The van der Waals surface area contributed by atoms with Gasteiger partial charge in [-0.2, -0.15) is 13.2 Å². The van der Waals surface area contributed by atoms with Crippen molar-refractivity contribution in [1.82, 2.24) is 4.90 Å². The first-order valence-corrected chi connectivity index (χ1v) is 12.8. The van der Waals surface area contributed by atoms with Crippen LogP contribution in [0, 0.1) is 0 Å². The number of piperazine rings is 1. The third-order valence-corrected chi connectivity index (χ3v) is 7.71. The van der Waals surface area contributed by atoms with Gasteiger partial charge in [0.05, 0.1) is 17.0 Å². The Morgan fingerprint density at radius 3 is 2.34 bits per heavy atom. The summed E-state index contributed by atoms with van der Waals surface area (Å²) in [4.78, 5) is 16.4. The summed E-state index contributed by atoms with van der Waals surface area (Å²) < 4.78 is 76.9. The molecule has 12 heteroatoms. The minimum atomic E-state index is -4.43. The van der Waals surface area contributed by atoms with E-state index in [0.717, 1.165) is 16.4 Å². The van der Waals surface area contributed by atoms with Crippen molar-refractivity contribution in [2.45, 2.75) is 13.1 Å². The molecule has 8 nitrogen and oxygen atoms in total. The number of ether oxygens (including phenoxy) is 2. The number of alkyl halides is 3. The third kappa shape index (κ3) is 5.58. The van der Waals surface area contributed by atoms with Crippen molar-refractivity contribution in [3.63, 3.8) is 0 Å². The van der Waals surface area contributed by atoms with Crippen molar-refractivity contribution in [2.75, 3.05) is 60.9 Å². The van der Waals surface area contributed by atoms with Crippen molar-refractivity contribution in [3.05, 3.63) is 48.0 Å². The van der Waals surface area contributed by atoms with E-state index in [1.165, 1.54) is 17.9 Å². The molecule has 2 heterocycles. The fraction of sp³-hybridized carbons (Fsp3) is 0.435. The second kappa shape index (κ2) is 9.84. The van der Waals surface area contributed by atoms with Gasteiger partial charge in [-0.05, 0) is 37.3 Å². The summed E-state index contributed by atoms with van der Waals surface area (Å²) in [7, 11) is -3.77. The van der Waals surface area contributed by atoms with Gasteiger partial charge in [-0.3, -0.25) is 9.10 Å². The van der Waals surface area contributed by atoms with Crippen LogP contribution >= 0.6 is 0 Å². The van der Waals surface area contributed by atoms with E-state index in [1.807, 2.05) is 0 Å². The van der Waals surface area contributed by atoms with E-state index in [2.05, 4.69) is 0 Å². The van der Waals surface area contributed by atoms with Crippen LogP contribution in [0.5, 0.6) is 11.5 Å². The molecule has 0 radical (unpaired) electrons. The predicted molar refractivity (Wildman–Crippen MR) is 124 cm³/mol. The second-order valence-electron chi connectivity index (χ2n) is 8.15. The van der Waals surface area contributed by atoms with Crippen LogP contribution in [0.4, 0.5) is 24.5 Å². The number of fused-ring (bicyclic) bond motifs is 1. The zero-order chi connectivity index (χ0) is 25.2. The summed E-state index contributed by atoms with van der Waals surface area (Å²) in [6, 6.07) is 9.79. The molecule has 1 amide bonds. The molecule has 0 atom stereocenters. The number of sulfonamides is 1. The van der Waals surface area contributed by atoms with Crippen molar-refractivity contribution in [3.8, 4) is 11.5 Å². The molecule has 190 valence electrons. The predicted octanol–water partition coefficient (Wildman–Crippen LogP) is 2.98. The summed E-state index contributed by atoms with van der Waals surface area (Å²) in [6.07, 6.45) is -4.43. The number of carbonyl (C=O) groups excluding carboxylic acids is 1. The minimum Gasteiger partial charge on any atom is -0.486 e. The number of amides is 1. The standard InChI is InChI=1S/C23H26F3N3O5S/c1-2-35(31,32)29(19-6-7-20-21(15-19)34-13-12-33-20)16-22(30)28-10-8-27(9-11-28)18-5-3-4-17(14-18)23(24,25)26/h3-7,14-15H,2,8-13,16H2,1H3. The molecule has 1 saturated heterocycles. The Balaban J connectivity index is 1.45. The van der Waals surface area contributed by atoms with Gasteiger partial charge >= 0.3 is 6.18 Å².